The molecule has 2 aromatic heterocycles. The highest BCUT2D eigenvalue weighted by Crippen LogP contribution is 2.32. The van der Waals surface area contributed by atoms with E-state index >= 15 is 0 Å². The van der Waals surface area contributed by atoms with E-state index in [0.29, 0.717) is 30.0 Å². The lowest BCUT2D eigenvalue weighted by Crippen LogP contribution is -2.32. The van der Waals surface area contributed by atoms with E-state index in [0.717, 1.165) is 41.4 Å². The molecule has 2 aromatic carbocycles. The minimum atomic E-state index is -0.288. The summed E-state index contributed by atoms with van der Waals surface area (Å²) in [5.74, 6) is 2.05. The Labute approximate surface area is 211 Å². The fraction of sp³-hybridized carbons (Fsp3) is 0.333. The summed E-state index contributed by atoms with van der Waals surface area (Å²) < 4.78 is 14.1. The Morgan fingerprint density at radius 3 is 2.25 bits per heavy atom. The van der Waals surface area contributed by atoms with Gasteiger partial charge in [0.1, 0.15) is 11.6 Å². The third-order valence-electron chi connectivity index (χ3n) is 5.54. The third kappa shape index (κ3) is 6.35. The van der Waals surface area contributed by atoms with Crippen LogP contribution in [0, 0.1) is 17.7 Å². The molecule has 188 valence electrons. The second-order valence-corrected chi connectivity index (χ2v) is 9.58. The Kier molecular flexibility index (Phi) is 8.10. The highest BCUT2D eigenvalue weighted by Gasteiger charge is 2.17. The molecule has 0 aliphatic carbocycles. The predicted molar refractivity (Wildman–Crippen MR) is 143 cm³/mol. The molecule has 0 spiro atoms. The molecule has 0 radical (unpaired) electrons. The second-order valence-electron chi connectivity index (χ2n) is 9.58. The van der Waals surface area contributed by atoms with Crippen molar-refractivity contribution in [2.75, 3.05) is 35.3 Å². The van der Waals surface area contributed by atoms with Crippen molar-refractivity contribution in [3.63, 3.8) is 0 Å². The van der Waals surface area contributed by atoms with Crippen molar-refractivity contribution in [3.05, 3.63) is 66.5 Å². The van der Waals surface area contributed by atoms with E-state index < -0.39 is 0 Å². The van der Waals surface area contributed by atoms with Gasteiger partial charge in [-0.2, -0.15) is 5.21 Å². The van der Waals surface area contributed by atoms with Crippen LogP contribution in [-0.4, -0.2) is 45.4 Å². The maximum Gasteiger partial charge on any atom is 0.205 e. The fourth-order valence-corrected chi connectivity index (χ4v) is 4.08. The van der Waals surface area contributed by atoms with E-state index in [1.54, 1.807) is 18.2 Å². The van der Waals surface area contributed by atoms with Crippen LogP contribution in [0.25, 0.3) is 22.6 Å². The van der Waals surface area contributed by atoms with Crippen LogP contribution < -0.4 is 15.5 Å². The van der Waals surface area contributed by atoms with E-state index in [9.17, 15) is 4.39 Å². The molecule has 0 bridgehead atoms. The van der Waals surface area contributed by atoms with Gasteiger partial charge in [-0.3, -0.25) is 0 Å². The molecule has 4 aromatic rings. The molecule has 0 fully saturated rings. The average Bonchev–Trinajstić information content (AvgIpc) is 3.39. The molecule has 0 atom stereocenters. The van der Waals surface area contributed by atoms with Crippen molar-refractivity contribution in [3.8, 4) is 22.6 Å². The normalized spacial score (nSPS) is 11.2. The summed E-state index contributed by atoms with van der Waals surface area (Å²) in [7, 11) is 0. The van der Waals surface area contributed by atoms with E-state index in [4.69, 9.17) is 4.98 Å². The molecule has 0 aliphatic heterocycles. The quantitative estimate of drug-likeness (QED) is 0.234. The molecule has 4 rings (SSSR count). The highest BCUT2D eigenvalue weighted by molar-refractivity contribution is 5.80. The number of hydrogen-bond acceptors (Lipinski definition) is 7. The lowest BCUT2D eigenvalue weighted by atomic mass is 10.0. The molecule has 3 N–H and O–H groups in total. The topological polar surface area (TPSA) is 94.7 Å². The number of pyridine rings is 1. The van der Waals surface area contributed by atoms with Gasteiger partial charge in [0.2, 0.25) is 5.82 Å². The van der Waals surface area contributed by atoms with Crippen molar-refractivity contribution in [1.29, 1.82) is 0 Å². The van der Waals surface area contributed by atoms with Crippen molar-refractivity contribution in [2.24, 2.45) is 11.8 Å². The minimum absolute atomic E-state index is 0.288. The van der Waals surface area contributed by atoms with Crippen LogP contribution in [0.4, 0.5) is 21.6 Å². The first-order valence-electron chi connectivity index (χ1n) is 12.2. The average molecular weight is 489 g/mol. The van der Waals surface area contributed by atoms with Gasteiger partial charge in [-0.1, -0.05) is 64.1 Å². The molecule has 0 aliphatic rings. The first kappa shape index (κ1) is 25.1. The van der Waals surface area contributed by atoms with Crippen molar-refractivity contribution in [2.45, 2.75) is 27.7 Å². The number of nitrogens with one attached hydrogen (secondary N) is 3. The SMILES string of the molecule is CC(C)CN(CC(C)C)c1cc(NCNc2ccccc2F)cc(-c2ccccc2-c2nn[nH]n2)n1. The number of halogens is 1. The first-order valence-corrected chi connectivity index (χ1v) is 12.2. The summed E-state index contributed by atoms with van der Waals surface area (Å²) in [5.41, 5.74) is 3.85. The Hall–Kier alpha value is -4.01. The Balaban J connectivity index is 1.71. The molecule has 0 saturated heterocycles. The Morgan fingerprint density at radius 1 is 0.889 bits per heavy atom. The van der Waals surface area contributed by atoms with E-state index in [2.05, 4.69) is 63.9 Å². The molecule has 0 amide bonds. The van der Waals surface area contributed by atoms with Crippen molar-refractivity contribution in [1.82, 2.24) is 25.6 Å². The number of nitrogens with zero attached hydrogens (tertiary/aromatic N) is 5. The predicted octanol–water partition coefficient (Wildman–Crippen LogP) is 5.67. The number of aromatic nitrogens is 5. The van der Waals surface area contributed by atoms with E-state index in [-0.39, 0.29) is 5.82 Å². The summed E-state index contributed by atoms with van der Waals surface area (Å²) in [4.78, 5) is 7.41. The Bertz CT molecular complexity index is 1250. The highest BCUT2D eigenvalue weighted by atomic mass is 19.1. The Morgan fingerprint density at radius 2 is 1.58 bits per heavy atom. The van der Waals surface area contributed by atoms with Gasteiger partial charge in [-0.25, -0.2) is 9.37 Å². The van der Waals surface area contributed by atoms with Crippen LogP contribution in [0.1, 0.15) is 27.7 Å². The number of para-hydroxylation sites is 1. The van der Waals surface area contributed by atoms with Crippen LogP contribution in [0.2, 0.25) is 0 Å². The summed E-state index contributed by atoms with van der Waals surface area (Å²) in [6.45, 7) is 11.0. The van der Waals surface area contributed by atoms with Gasteiger partial charge in [0.25, 0.3) is 0 Å². The molecule has 0 unspecified atom stereocenters. The molecular formula is C27H33FN8. The zero-order valence-electron chi connectivity index (χ0n) is 21.2. The van der Waals surface area contributed by atoms with Crippen LogP contribution in [0.15, 0.2) is 60.7 Å². The molecule has 2 heterocycles. The van der Waals surface area contributed by atoms with Gasteiger partial charge in [-0.05, 0) is 35.2 Å². The monoisotopic (exact) mass is 488 g/mol. The van der Waals surface area contributed by atoms with Crippen LogP contribution in [-0.2, 0) is 0 Å². The standard InChI is InChI=1S/C27H33FN8/c1-18(2)15-36(16-19(3)4)26-14-20(29-17-30-24-12-8-7-11-23(24)28)13-25(31-26)21-9-5-6-10-22(21)27-32-34-35-33-27/h5-14,18-19,30H,15-17H2,1-4H3,(H,29,31)(H,32,33,34,35). The van der Waals surface area contributed by atoms with Gasteiger partial charge >= 0.3 is 0 Å². The van der Waals surface area contributed by atoms with Crippen LogP contribution in [0.3, 0.4) is 0 Å². The lowest BCUT2D eigenvalue weighted by molar-refractivity contribution is 0.549. The van der Waals surface area contributed by atoms with Gasteiger partial charge < -0.3 is 15.5 Å². The van der Waals surface area contributed by atoms with E-state index in [1.165, 1.54) is 6.07 Å². The maximum atomic E-state index is 14.1. The number of H-pyrrole nitrogens is 1. The summed E-state index contributed by atoms with van der Waals surface area (Å²) in [6, 6.07) is 18.6. The first-order chi connectivity index (χ1) is 17.4. The zero-order chi connectivity index (χ0) is 25.5. The number of hydrogen-bond donors (Lipinski definition) is 3. The maximum absolute atomic E-state index is 14.1. The third-order valence-corrected chi connectivity index (χ3v) is 5.54. The number of benzene rings is 2. The van der Waals surface area contributed by atoms with E-state index in [1.807, 2.05) is 36.4 Å². The van der Waals surface area contributed by atoms with Crippen LogP contribution >= 0.6 is 0 Å². The number of aromatic amines is 1. The minimum Gasteiger partial charge on any atom is -0.368 e. The number of anilines is 3. The number of rotatable bonds is 11. The molecule has 0 saturated carbocycles. The van der Waals surface area contributed by atoms with Gasteiger partial charge in [0, 0.05) is 36.0 Å². The molecule has 36 heavy (non-hydrogen) atoms. The molecular weight excluding hydrogens is 455 g/mol. The zero-order valence-corrected chi connectivity index (χ0v) is 21.2. The van der Waals surface area contributed by atoms with Crippen molar-refractivity contribution >= 4 is 17.2 Å². The second kappa shape index (κ2) is 11.6. The van der Waals surface area contributed by atoms with Crippen LogP contribution in [0.5, 0.6) is 0 Å². The lowest BCUT2D eigenvalue weighted by Gasteiger charge is -2.28. The van der Waals surface area contributed by atoms with Crippen molar-refractivity contribution < 1.29 is 4.39 Å². The molecule has 8 nitrogen and oxygen atoms in total. The summed E-state index contributed by atoms with van der Waals surface area (Å²) >= 11 is 0. The van der Waals surface area contributed by atoms with Gasteiger partial charge in [0.15, 0.2) is 0 Å². The van der Waals surface area contributed by atoms with Gasteiger partial charge in [-0.15, -0.1) is 10.2 Å². The largest absolute Gasteiger partial charge is 0.368 e. The summed E-state index contributed by atoms with van der Waals surface area (Å²) in [6.07, 6.45) is 0. The van der Waals surface area contributed by atoms with Gasteiger partial charge in [0.05, 0.1) is 18.1 Å². The smallest absolute Gasteiger partial charge is 0.205 e. The number of tetrazole rings is 1. The summed E-state index contributed by atoms with van der Waals surface area (Å²) in [5, 5.41) is 21.1. The molecule has 9 heteroatoms. The fourth-order valence-electron chi connectivity index (χ4n) is 4.08.